The van der Waals surface area contributed by atoms with Gasteiger partial charge in [0.15, 0.2) is 5.82 Å². The summed E-state index contributed by atoms with van der Waals surface area (Å²) in [6.45, 7) is 0. The molecule has 1 fully saturated rings. The molecule has 0 unspecified atom stereocenters. The van der Waals surface area contributed by atoms with Crippen molar-refractivity contribution in [2.75, 3.05) is 5.73 Å². The number of nitrogen functional groups attached to an aromatic ring is 1. The molecule has 1 aromatic heterocycles. The van der Waals surface area contributed by atoms with Gasteiger partial charge in [0, 0.05) is 11.5 Å². The van der Waals surface area contributed by atoms with Crippen molar-refractivity contribution in [1.82, 2.24) is 10.1 Å². The van der Waals surface area contributed by atoms with Crippen LogP contribution in [-0.4, -0.2) is 10.1 Å². The lowest BCUT2D eigenvalue weighted by atomic mass is 9.85. The highest BCUT2D eigenvalue weighted by molar-refractivity contribution is 6.39. The van der Waals surface area contributed by atoms with Gasteiger partial charge in [-0.05, 0) is 25.0 Å². The van der Waals surface area contributed by atoms with Gasteiger partial charge in [-0.2, -0.15) is 4.98 Å². The minimum absolute atomic E-state index is 0.362. The van der Waals surface area contributed by atoms with Crippen LogP contribution in [0.3, 0.4) is 0 Å². The molecule has 1 saturated carbocycles. The van der Waals surface area contributed by atoms with Crippen molar-refractivity contribution in [3.63, 3.8) is 0 Å². The maximum absolute atomic E-state index is 5.98. The van der Waals surface area contributed by atoms with E-state index in [4.69, 9.17) is 33.5 Å². The average molecular weight is 284 g/mol. The number of benzene rings is 1. The zero-order chi connectivity index (χ0) is 12.7. The Hall–Kier alpha value is -1.26. The molecule has 2 N–H and O–H groups in total. The number of aromatic nitrogens is 2. The second-order valence-corrected chi connectivity index (χ2v) is 5.25. The Labute approximate surface area is 114 Å². The van der Waals surface area contributed by atoms with E-state index in [1.54, 1.807) is 12.1 Å². The van der Waals surface area contributed by atoms with Crippen molar-refractivity contribution in [2.45, 2.75) is 25.2 Å². The van der Waals surface area contributed by atoms with Gasteiger partial charge in [0.05, 0.1) is 15.7 Å². The lowest BCUT2D eigenvalue weighted by Crippen LogP contribution is -2.10. The Bertz CT molecular complexity index is 570. The van der Waals surface area contributed by atoms with Gasteiger partial charge in [-0.25, -0.2) is 0 Å². The number of hydrogen-bond donors (Lipinski definition) is 1. The Morgan fingerprint density at radius 3 is 2.44 bits per heavy atom. The molecule has 3 rings (SSSR count). The zero-order valence-corrected chi connectivity index (χ0v) is 11.0. The summed E-state index contributed by atoms with van der Waals surface area (Å²) in [6.07, 6.45) is 3.48. The Kier molecular flexibility index (Phi) is 2.92. The molecular formula is C12H11Cl2N3O. The third-order valence-corrected chi connectivity index (χ3v) is 3.86. The van der Waals surface area contributed by atoms with Gasteiger partial charge in [-0.1, -0.05) is 34.8 Å². The summed E-state index contributed by atoms with van der Waals surface area (Å²) in [5, 5.41) is 4.77. The SMILES string of the molecule is Nc1c(Cl)cc(-c2nc(C3CCC3)no2)cc1Cl. The number of anilines is 1. The fraction of sp³-hybridized carbons (Fsp3) is 0.333. The molecule has 0 aliphatic heterocycles. The summed E-state index contributed by atoms with van der Waals surface area (Å²) < 4.78 is 5.24. The van der Waals surface area contributed by atoms with E-state index in [0.29, 0.717) is 33.1 Å². The van der Waals surface area contributed by atoms with E-state index in [0.717, 1.165) is 18.7 Å². The Morgan fingerprint density at radius 1 is 1.22 bits per heavy atom. The monoisotopic (exact) mass is 283 g/mol. The molecule has 1 aromatic carbocycles. The largest absolute Gasteiger partial charge is 0.396 e. The van der Waals surface area contributed by atoms with Crippen LogP contribution in [0.5, 0.6) is 0 Å². The summed E-state index contributed by atoms with van der Waals surface area (Å²) in [6, 6.07) is 3.36. The first kappa shape index (κ1) is 11.8. The molecule has 0 spiro atoms. The maximum atomic E-state index is 5.98. The van der Waals surface area contributed by atoms with Crippen LogP contribution in [0.4, 0.5) is 5.69 Å². The van der Waals surface area contributed by atoms with E-state index < -0.39 is 0 Å². The fourth-order valence-electron chi connectivity index (χ4n) is 1.89. The van der Waals surface area contributed by atoms with Crippen LogP contribution in [0, 0.1) is 0 Å². The normalized spacial score (nSPS) is 15.7. The Morgan fingerprint density at radius 2 is 1.89 bits per heavy atom. The van der Waals surface area contributed by atoms with Crippen LogP contribution in [0.2, 0.25) is 10.0 Å². The van der Waals surface area contributed by atoms with Crippen molar-refractivity contribution in [3.8, 4) is 11.5 Å². The smallest absolute Gasteiger partial charge is 0.258 e. The molecule has 94 valence electrons. The summed E-state index contributed by atoms with van der Waals surface area (Å²) in [4.78, 5) is 4.38. The first-order valence-electron chi connectivity index (χ1n) is 5.73. The number of nitrogens with zero attached hydrogens (tertiary/aromatic N) is 2. The van der Waals surface area contributed by atoms with Crippen LogP contribution in [0.15, 0.2) is 16.7 Å². The molecule has 0 radical (unpaired) electrons. The van der Waals surface area contributed by atoms with Crippen molar-refractivity contribution < 1.29 is 4.52 Å². The third kappa shape index (κ3) is 1.95. The molecular weight excluding hydrogens is 273 g/mol. The van der Waals surface area contributed by atoms with Crippen molar-refractivity contribution in [3.05, 3.63) is 28.0 Å². The average Bonchev–Trinajstić information content (AvgIpc) is 2.72. The first-order chi connectivity index (χ1) is 8.65. The van der Waals surface area contributed by atoms with Crippen LogP contribution in [0.25, 0.3) is 11.5 Å². The summed E-state index contributed by atoms with van der Waals surface area (Å²) >= 11 is 12.0. The standard InChI is InChI=1S/C12H11Cl2N3O/c13-8-4-7(5-9(14)10(8)15)12-16-11(17-18-12)6-2-1-3-6/h4-6H,1-3,15H2. The lowest BCUT2D eigenvalue weighted by Gasteiger charge is -2.20. The van der Waals surface area contributed by atoms with Crippen molar-refractivity contribution in [2.24, 2.45) is 0 Å². The molecule has 4 nitrogen and oxygen atoms in total. The van der Waals surface area contributed by atoms with Gasteiger partial charge in [0.25, 0.3) is 5.89 Å². The molecule has 1 heterocycles. The molecule has 6 heteroatoms. The molecule has 1 aliphatic rings. The van der Waals surface area contributed by atoms with Crippen LogP contribution in [-0.2, 0) is 0 Å². The minimum atomic E-state index is 0.362. The van der Waals surface area contributed by atoms with Gasteiger partial charge in [0.1, 0.15) is 0 Å². The highest BCUT2D eigenvalue weighted by atomic mass is 35.5. The van der Waals surface area contributed by atoms with Gasteiger partial charge in [-0.3, -0.25) is 0 Å². The summed E-state index contributed by atoms with van der Waals surface area (Å²) in [5.74, 6) is 1.63. The van der Waals surface area contributed by atoms with Crippen molar-refractivity contribution in [1.29, 1.82) is 0 Å². The van der Waals surface area contributed by atoms with Gasteiger partial charge < -0.3 is 10.3 Å². The maximum Gasteiger partial charge on any atom is 0.258 e. The molecule has 18 heavy (non-hydrogen) atoms. The lowest BCUT2D eigenvalue weighted by molar-refractivity contribution is 0.366. The Balaban J connectivity index is 1.96. The van der Waals surface area contributed by atoms with E-state index in [9.17, 15) is 0 Å². The van der Waals surface area contributed by atoms with Gasteiger partial charge >= 0.3 is 0 Å². The number of halogens is 2. The van der Waals surface area contributed by atoms with Gasteiger partial charge in [-0.15, -0.1) is 0 Å². The fourth-order valence-corrected chi connectivity index (χ4v) is 2.38. The van der Waals surface area contributed by atoms with E-state index in [1.807, 2.05) is 0 Å². The summed E-state index contributed by atoms with van der Waals surface area (Å²) in [5.41, 5.74) is 6.74. The van der Waals surface area contributed by atoms with Crippen LogP contribution < -0.4 is 5.73 Å². The molecule has 0 bridgehead atoms. The topological polar surface area (TPSA) is 64.9 Å². The van der Waals surface area contributed by atoms with E-state index >= 15 is 0 Å². The molecule has 0 amide bonds. The van der Waals surface area contributed by atoms with Crippen LogP contribution >= 0.6 is 23.2 Å². The molecule has 2 aromatic rings. The minimum Gasteiger partial charge on any atom is -0.396 e. The highest BCUT2D eigenvalue weighted by Crippen LogP contribution is 2.37. The zero-order valence-electron chi connectivity index (χ0n) is 9.49. The second-order valence-electron chi connectivity index (χ2n) is 4.44. The molecule has 0 atom stereocenters. The van der Waals surface area contributed by atoms with Crippen molar-refractivity contribution >= 4 is 28.9 Å². The van der Waals surface area contributed by atoms with E-state index in [-0.39, 0.29) is 0 Å². The predicted octanol–water partition coefficient (Wildman–Crippen LogP) is 3.89. The second kappa shape index (κ2) is 4.44. The quantitative estimate of drug-likeness (QED) is 0.849. The summed E-state index contributed by atoms with van der Waals surface area (Å²) in [7, 11) is 0. The first-order valence-corrected chi connectivity index (χ1v) is 6.49. The van der Waals surface area contributed by atoms with Crippen LogP contribution in [0.1, 0.15) is 31.0 Å². The number of hydrogen-bond acceptors (Lipinski definition) is 4. The van der Waals surface area contributed by atoms with E-state index in [2.05, 4.69) is 10.1 Å². The molecule has 1 aliphatic carbocycles. The third-order valence-electron chi connectivity index (χ3n) is 3.24. The van der Waals surface area contributed by atoms with Gasteiger partial charge in [0.2, 0.25) is 0 Å². The highest BCUT2D eigenvalue weighted by Gasteiger charge is 2.25. The van der Waals surface area contributed by atoms with E-state index in [1.165, 1.54) is 6.42 Å². The number of rotatable bonds is 2. The number of nitrogens with two attached hydrogens (primary N) is 1. The molecule has 0 saturated heterocycles. The predicted molar refractivity (Wildman–Crippen MR) is 70.8 cm³/mol.